The van der Waals surface area contributed by atoms with Crippen LogP contribution < -0.4 is 0 Å². The highest BCUT2D eigenvalue weighted by atomic mass is 16.4. The summed E-state index contributed by atoms with van der Waals surface area (Å²) in [4.78, 5) is 10.5. The Morgan fingerprint density at radius 2 is 0.340 bits per heavy atom. The number of rotatable bonds is 49. The number of aliphatic carboxylic acids is 1. The molecule has 0 radical (unpaired) electrons. The first-order chi connectivity index (χ1) is 26.3. The van der Waals surface area contributed by atoms with Gasteiger partial charge in [0.15, 0.2) is 0 Å². The molecule has 0 saturated heterocycles. The summed E-state index contributed by atoms with van der Waals surface area (Å²) >= 11 is 0. The van der Waals surface area contributed by atoms with E-state index in [2.05, 4.69) is 6.92 Å². The van der Waals surface area contributed by atoms with Crippen LogP contribution in [0.1, 0.15) is 322 Å². The van der Waals surface area contributed by atoms with Crippen LogP contribution in [-0.4, -0.2) is 11.1 Å². The van der Waals surface area contributed by atoms with Crippen molar-refractivity contribution in [1.29, 1.82) is 0 Å². The molecule has 0 amide bonds. The maximum Gasteiger partial charge on any atom is 0.303 e. The van der Waals surface area contributed by atoms with Crippen molar-refractivity contribution >= 4 is 5.97 Å². The molecule has 0 aromatic rings. The van der Waals surface area contributed by atoms with Gasteiger partial charge in [0.05, 0.1) is 0 Å². The Hall–Kier alpha value is -0.530. The van der Waals surface area contributed by atoms with Gasteiger partial charge < -0.3 is 5.11 Å². The molecule has 0 unspecified atom stereocenters. The zero-order valence-electron chi connectivity index (χ0n) is 37.0. The Balaban J connectivity index is 3.05. The molecule has 318 valence electrons. The molecule has 1 N–H and O–H groups in total. The Morgan fingerprint density at radius 1 is 0.226 bits per heavy atom. The molecule has 0 aromatic carbocycles. The lowest BCUT2D eigenvalue weighted by molar-refractivity contribution is -0.137. The molecular weight excluding hydrogens is 645 g/mol. The minimum Gasteiger partial charge on any atom is -0.481 e. The minimum atomic E-state index is -0.646. The van der Waals surface area contributed by atoms with E-state index < -0.39 is 5.97 Å². The fourth-order valence-corrected chi connectivity index (χ4v) is 8.48. The van der Waals surface area contributed by atoms with Gasteiger partial charge in [0, 0.05) is 6.42 Å². The molecule has 0 rings (SSSR count). The molecule has 0 saturated carbocycles. The number of carboxylic acid groups (broad SMARTS) is 1. The van der Waals surface area contributed by atoms with E-state index in [-0.39, 0.29) is 0 Å². The smallest absolute Gasteiger partial charge is 0.303 e. The van der Waals surface area contributed by atoms with Gasteiger partial charge in [-0.3, -0.25) is 4.79 Å². The van der Waals surface area contributed by atoms with Crippen LogP contribution in [0, 0.1) is 0 Å². The molecule has 2 nitrogen and oxygen atoms in total. The number of hydrogen-bond donors (Lipinski definition) is 1. The summed E-state index contributed by atoms with van der Waals surface area (Å²) in [6, 6.07) is 0. The third-order valence-electron chi connectivity index (χ3n) is 12.2. The number of hydrogen-bond acceptors (Lipinski definition) is 1. The lowest BCUT2D eigenvalue weighted by Crippen LogP contribution is -1.93. The Morgan fingerprint density at radius 3 is 0.453 bits per heavy atom. The number of carboxylic acids is 1. The van der Waals surface area contributed by atoms with Crippen molar-refractivity contribution in [2.24, 2.45) is 0 Å². The highest BCUT2D eigenvalue weighted by Gasteiger charge is 2.00. The van der Waals surface area contributed by atoms with Crippen LogP contribution in [0.3, 0.4) is 0 Å². The molecule has 0 atom stereocenters. The first-order valence-electron chi connectivity index (χ1n) is 25.5. The van der Waals surface area contributed by atoms with Gasteiger partial charge in [0.2, 0.25) is 0 Å². The summed E-state index contributed by atoms with van der Waals surface area (Å²) in [7, 11) is 0. The van der Waals surface area contributed by atoms with Gasteiger partial charge in [0.25, 0.3) is 0 Å². The van der Waals surface area contributed by atoms with Crippen molar-refractivity contribution in [3.05, 3.63) is 0 Å². The van der Waals surface area contributed by atoms with Gasteiger partial charge in [-0.25, -0.2) is 0 Å². The van der Waals surface area contributed by atoms with Gasteiger partial charge >= 0.3 is 5.97 Å². The Labute approximate surface area is 336 Å². The maximum absolute atomic E-state index is 10.5. The van der Waals surface area contributed by atoms with E-state index in [4.69, 9.17) is 5.11 Å². The van der Waals surface area contributed by atoms with Crippen molar-refractivity contribution in [3.63, 3.8) is 0 Å². The van der Waals surface area contributed by atoms with Gasteiger partial charge in [0.1, 0.15) is 0 Å². The van der Waals surface area contributed by atoms with E-state index in [0.29, 0.717) is 6.42 Å². The summed E-state index contributed by atoms with van der Waals surface area (Å²) in [5.41, 5.74) is 0. The first kappa shape index (κ1) is 52.5. The predicted octanol–water partition coefficient (Wildman–Crippen LogP) is 19.2. The lowest BCUT2D eigenvalue weighted by atomic mass is 10.0. The number of carbonyl (C=O) groups is 1. The zero-order valence-corrected chi connectivity index (χ0v) is 37.0. The average Bonchev–Trinajstić information content (AvgIpc) is 3.15. The van der Waals surface area contributed by atoms with Crippen LogP contribution in [0.4, 0.5) is 0 Å². The van der Waals surface area contributed by atoms with Crippen molar-refractivity contribution in [3.8, 4) is 0 Å². The van der Waals surface area contributed by atoms with Crippen molar-refractivity contribution in [2.45, 2.75) is 322 Å². The van der Waals surface area contributed by atoms with Crippen LogP contribution in [0.25, 0.3) is 0 Å². The van der Waals surface area contributed by atoms with Crippen molar-refractivity contribution in [2.75, 3.05) is 0 Å². The van der Waals surface area contributed by atoms with Gasteiger partial charge in [-0.2, -0.15) is 0 Å². The second kappa shape index (κ2) is 49.5. The molecule has 0 aromatic heterocycles. The van der Waals surface area contributed by atoms with Gasteiger partial charge in [-0.05, 0) is 6.42 Å². The molecule has 0 aliphatic rings. The molecule has 53 heavy (non-hydrogen) atoms. The SMILES string of the molecule is CCCCCCCCCCCCCCCCCCCCCCCCCCCCCCCCCCCCCCCCCCCCCCCCCCC(=O)O. The fourth-order valence-electron chi connectivity index (χ4n) is 8.48. The topological polar surface area (TPSA) is 37.3 Å². The lowest BCUT2D eigenvalue weighted by Gasteiger charge is -2.05. The molecule has 0 heterocycles. The Bertz CT molecular complexity index is 644. The van der Waals surface area contributed by atoms with E-state index in [1.165, 1.54) is 295 Å². The molecular formula is C51H102O2. The standard InChI is InChI=1S/C51H102O2/c1-2-3-4-5-6-7-8-9-10-11-12-13-14-15-16-17-18-19-20-21-22-23-24-25-26-27-28-29-30-31-32-33-34-35-36-37-38-39-40-41-42-43-44-45-46-47-48-49-50-51(52)53/h2-50H2,1H3,(H,52,53). The summed E-state index contributed by atoms with van der Waals surface area (Å²) in [5.74, 6) is -0.646. The van der Waals surface area contributed by atoms with Crippen LogP contribution in [0.15, 0.2) is 0 Å². The molecule has 0 bridgehead atoms. The highest BCUT2D eigenvalue weighted by molar-refractivity contribution is 5.66. The monoisotopic (exact) mass is 747 g/mol. The summed E-state index contributed by atoms with van der Waals surface area (Å²) in [5, 5.41) is 8.66. The third kappa shape index (κ3) is 51.5. The summed E-state index contributed by atoms with van der Waals surface area (Å²) < 4.78 is 0. The van der Waals surface area contributed by atoms with Crippen LogP contribution in [0.2, 0.25) is 0 Å². The van der Waals surface area contributed by atoms with E-state index in [1.54, 1.807) is 0 Å². The molecule has 0 aliphatic carbocycles. The molecule has 0 fully saturated rings. The second-order valence-corrected chi connectivity index (χ2v) is 17.8. The van der Waals surface area contributed by atoms with Crippen molar-refractivity contribution in [1.82, 2.24) is 0 Å². The maximum atomic E-state index is 10.5. The Kier molecular flexibility index (Phi) is 49.0. The normalized spacial score (nSPS) is 11.6. The zero-order chi connectivity index (χ0) is 38.2. The van der Waals surface area contributed by atoms with E-state index >= 15 is 0 Å². The summed E-state index contributed by atoms with van der Waals surface area (Å²) in [6.45, 7) is 2.31. The number of unbranched alkanes of at least 4 members (excludes halogenated alkanes) is 47. The minimum absolute atomic E-state index is 0.347. The quantitative estimate of drug-likeness (QED) is 0.0630. The fraction of sp³-hybridized carbons (Fsp3) is 0.980. The van der Waals surface area contributed by atoms with Gasteiger partial charge in [-0.1, -0.05) is 309 Å². The third-order valence-corrected chi connectivity index (χ3v) is 12.2. The summed E-state index contributed by atoms with van der Waals surface area (Å²) in [6.07, 6.45) is 69.3. The van der Waals surface area contributed by atoms with Crippen LogP contribution >= 0.6 is 0 Å². The average molecular weight is 747 g/mol. The van der Waals surface area contributed by atoms with E-state index in [9.17, 15) is 4.79 Å². The molecule has 2 heteroatoms. The predicted molar refractivity (Wildman–Crippen MR) is 240 cm³/mol. The van der Waals surface area contributed by atoms with E-state index in [1.807, 2.05) is 0 Å². The van der Waals surface area contributed by atoms with Gasteiger partial charge in [-0.15, -0.1) is 0 Å². The first-order valence-corrected chi connectivity index (χ1v) is 25.5. The largest absolute Gasteiger partial charge is 0.481 e. The molecule has 0 spiro atoms. The van der Waals surface area contributed by atoms with Crippen LogP contribution in [-0.2, 0) is 4.79 Å². The second-order valence-electron chi connectivity index (χ2n) is 17.8. The van der Waals surface area contributed by atoms with Crippen molar-refractivity contribution < 1.29 is 9.90 Å². The van der Waals surface area contributed by atoms with E-state index in [0.717, 1.165) is 12.8 Å². The highest BCUT2D eigenvalue weighted by Crippen LogP contribution is 2.18. The molecule has 0 aliphatic heterocycles. The van der Waals surface area contributed by atoms with Crippen LogP contribution in [0.5, 0.6) is 0 Å².